The molecule has 0 radical (unpaired) electrons. The predicted octanol–water partition coefficient (Wildman–Crippen LogP) is 3.87. The molecule has 0 saturated heterocycles. The number of carbonyl (C=O) groups excluding carboxylic acids is 1. The maximum absolute atomic E-state index is 11.5. The molecule has 0 bridgehead atoms. The maximum Gasteiger partial charge on any atom is 0.308 e. The predicted molar refractivity (Wildman–Crippen MR) is 67.2 cm³/mol. The normalized spacial score (nSPS) is 11.6. The lowest BCUT2D eigenvalue weighted by molar-refractivity contribution is -0.148. The van der Waals surface area contributed by atoms with Crippen molar-refractivity contribution in [3.05, 3.63) is 18.4 Å². The average Bonchev–Trinajstić information content (AvgIpc) is 2.28. The Bertz CT molecular complexity index is 227. The highest BCUT2D eigenvalue weighted by Gasteiger charge is 2.12. The van der Waals surface area contributed by atoms with Crippen LogP contribution in [0.15, 0.2) is 18.4 Å². The third kappa shape index (κ3) is 8.31. The van der Waals surface area contributed by atoms with Gasteiger partial charge in [0.05, 0.1) is 12.5 Å². The van der Waals surface area contributed by atoms with Crippen LogP contribution in [0.25, 0.3) is 0 Å². The lowest BCUT2D eigenvalue weighted by Crippen LogP contribution is -2.15. The number of allylic oxidation sites excluding steroid dienone is 1. The van der Waals surface area contributed by atoms with Crippen molar-refractivity contribution in [3.63, 3.8) is 0 Å². The summed E-state index contributed by atoms with van der Waals surface area (Å²) in [6.45, 7) is 8.13. The molecule has 92 valence electrons. The molecule has 0 aliphatic heterocycles. The number of esters is 1. The van der Waals surface area contributed by atoms with E-state index in [0.29, 0.717) is 6.61 Å². The van der Waals surface area contributed by atoms with Gasteiger partial charge in [0.25, 0.3) is 0 Å². The molecular formula is C14H24O2. The largest absolute Gasteiger partial charge is 0.465 e. The van der Waals surface area contributed by atoms with Crippen molar-refractivity contribution >= 4 is 5.97 Å². The summed E-state index contributed by atoms with van der Waals surface area (Å²) in [7, 11) is 0. The van der Waals surface area contributed by atoms with Gasteiger partial charge in [-0.3, -0.25) is 4.79 Å². The monoisotopic (exact) mass is 224 g/mol. The van der Waals surface area contributed by atoms with Crippen LogP contribution < -0.4 is 0 Å². The number of carbonyl (C=O) groups is 1. The molecule has 2 nitrogen and oxygen atoms in total. The maximum atomic E-state index is 11.5. The first kappa shape index (κ1) is 15.0. The van der Waals surface area contributed by atoms with Crippen LogP contribution in [0.1, 0.15) is 52.4 Å². The molecule has 0 N–H and O–H groups in total. The molecular weight excluding hydrogens is 200 g/mol. The fourth-order valence-corrected chi connectivity index (χ4v) is 1.40. The molecule has 0 saturated carbocycles. The van der Waals surface area contributed by atoms with Gasteiger partial charge in [-0.15, -0.1) is 5.73 Å². The molecule has 0 aromatic rings. The quantitative estimate of drug-likeness (QED) is 0.337. The van der Waals surface area contributed by atoms with E-state index in [4.69, 9.17) is 4.74 Å². The van der Waals surface area contributed by atoms with Crippen LogP contribution in [0.4, 0.5) is 0 Å². The van der Waals surface area contributed by atoms with Crippen LogP contribution in [0, 0.1) is 5.92 Å². The van der Waals surface area contributed by atoms with Gasteiger partial charge in [-0.1, -0.05) is 39.7 Å². The first-order valence-electron chi connectivity index (χ1n) is 6.23. The summed E-state index contributed by atoms with van der Waals surface area (Å²) in [5, 5.41) is 0. The van der Waals surface area contributed by atoms with Crippen LogP contribution in [0.5, 0.6) is 0 Å². The van der Waals surface area contributed by atoms with Crippen molar-refractivity contribution < 1.29 is 9.53 Å². The SMILES string of the molecule is C=C=CCCC(C)C(=O)OCCCCCC. The summed E-state index contributed by atoms with van der Waals surface area (Å²) in [4.78, 5) is 11.5. The number of rotatable bonds is 9. The van der Waals surface area contributed by atoms with E-state index in [0.717, 1.165) is 25.7 Å². The van der Waals surface area contributed by atoms with Crippen molar-refractivity contribution in [1.82, 2.24) is 0 Å². The van der Waals surface area contributed by atoms with Gasteiger partial charge >= 0.3 is 5.97 Å². The minimum atomic E-state index is -0.0750. The molecule has 0 rings (SSSR count). The van der Waals surface area contributed by atoms with Gasteiger partial charge in [0, 0.05) is 0 Å². The summed E-state index contributed by atoms with van der Waals surface area (Å²) in [6, 6.07) is 0. The van der Waals surface area contributed by atoms with E-state index < -0.39 is 0 Å². The molecule has 0 fully saturated rings. The van der Waals surface area contributed by atoms with Gasteiger partial charge in [0.1, 0.15) is 0 Å². The number of unbranched alkanes of at least 4 members (excludes halogenated alkanes) is 3. The van der Waals surface area contributed by atoms with Crippen molar-refractivity contribution in [3.8, 4) is 0 Å². The Morgan fingerprint density at radius 1 is 1.44 bits per heavy atom. The Morgan fingerprint density at radius 2 is 2.19 bits per heavy atom. The van der Waals surface area contributed by atoms with E-state index in [1.807, 2.05) is 13.0 Å². The Balaban J connectivity index is 3.51. The van der Waals surface area contributed by atoms with Crippen molar-refractivity contribution in [1.29, 1.82) is 0 Å². The number of ether oxygens (including phenoxy) is 1. The van der Waals surface area contributed by atoms with E-state index in [-0.39, 0.29) is 11.9 Å². The smallest absolute Gasteiger partial charge is 0.308 e. The molecule has 0 aromatic heterocycles. The average molecular weight is 224 g/mol. The summed E-state index contributed by atoms with van der Waals surface area (Å²) < 4.78 is 5.19. The summed E-state index contributed by atoms with van der Waals surface area (Å²) in [5.41, 5.74) is 2.70. The lowest BCUT2D eigenvalue weighted by atomic mass is 10.1. The van der Waals surface area contributed by atoms with Crippen molar-refractivity contribution in [2.75, 3.05) is 6.61 Å². The third-order valence-electron chi connectivity index (χ3n) is 2.53. The summed E-state index contributed by atoms with van der Waals surface area (Å²) >= 11 is 0. The lowest BCUT2D eigenvalue weighted by Gasteiger charge is -2.09. The molecule has 2 heteroatoms. The standard InChI is InChI=1S/C14H24O2/c1-4-6-8-10-12-16-14(15)13(3)11-9-7-5-2/h7,13H,2,4,6,8-12H2,1,3H3. The number of hydrogen-bond acceptors (Lipinski definition) is 2. The Hall–Kier alpha value is -1.01. The Morgan fingerprint density at radius 3 is 2.81 bits per heavy atom. The second-order valence-corrected chi connectivity index (χ2v) is 4.11. The molecule has 0 spiro atoms. The van der Waals surface area contributed by atoms with Gasteiger partial charge in [-0.2, -0.15) is 0 Å². The van der Waals surface area contributed by atoms with E-state index in [1.165, 1.54) is 12.8 Å². The molecule has 0 aromatic carbocycles. The van der Waals surface area contributed by atoms with E-state index >= 15 is 0 Å². The van der Waals surface area contributed by atoms with Gasteiger partial charge in [0.15, 0.2) is 0 Å². The zero-order valence-corrected chi connectivity index (χ0v) is 10.6. The Labute approximate surface area is 99.4 Å². The van der Waals surface area contributed by atoms with Crippen molar-refractivity contribution in [2.24, 2.45) is 5.92 Å². The van der Waals surface area contributed by atoms with Crippen LogP contribution in [-0.4, -0.2) is 12.6 Å². The van der Waals surface area contributed by atoms with Gasteiger partial charge in [0.2, 0.25) is 0 Å². The zero-order valence-electron chi connectivity index (χ0n) is 10.6. The molecule has 0 aliphatic rings. The summed E-state index contributed by atoms with van der Waals surface area (Å²) in [6.07, 6.45) is 8.07. The minimum Gasteiger partial charge on any atom is -0.465 e. The van der Waals surface area contributed by atoms with Gasteiger partial charge in [-0.25, -0.2) is 0 Å². The van der Waals surface area contributed by atoms with Gasteiger partial charge < -0.3 is 4.74 Å². The molecule has 1 atom stereocenters. The van der Waals surface area contributed by atoms with Crippen LogP contribution in [0.2, 0.25) is 0 Å². The highest BCUT2D eigenvalue weighted by molar-refractivity contribution is 5.71. The fourth-order valence-electron chi connectivity index (χ4n) is 1.40. The molecule has 1 unspecified atom stereocenters. The summed E-state index contributed by atoms with van der Waals surface area (Å²) in [5.74, 6) is -0.0928. The van der Waals surface area contributed by atoms with E-state index in [2.05, 4.69) is 19.2 Å². The van der Waals surface area contributed by atoms with Crippen LogP contribution in [-0.2, 0) is 9.53 Å². The third-order valence-corrected chi connectivity index (χ3v) is 2.53. The first-order chi connectivity index (χ1) is 7.72. The number of hydrogen-bond donors (Lipinski definition) is 0. The van der Waals surface area contributed by atoms with Gasteiger partial charge in [-0.05, 0) is 25.3 Å². The Kier molecular flexibility index (Phi) is 9.84. The molecule has 0 amide bonds. The van der Waals surface area contributed by atoms with E-state index in [9.17, 15) is 4.79 Å². The highest BCUT2D eigenvalue weighted by atomic mass is 16.5. The first-order valence-corrected chi connectivity index (χ1v) is 6.23. The second kappa shape index (κ2) is 10.5. The van der Waals surface area contributed by atoms with Crippen LogP contribution >= 0.6 is 0 Å². The molecule has 0 aliphatic carbocycles. The van der Waals surface area contributed by atoms with E-state index in [1.54, 1.807) is 0 Å². The zero-order chi connectivity index (χ0) is 12.2. The minimum absolute atomic E-state index is 0.0178. The topological polar surface area (TPSA) is 26.3 Å². The van der Waals surface area contributed by atoms with Crippen molar-refractivity contribution in [2.45, 2.75) is 52.4 Å². The highest BCUT2D eigenvalue weighted by Crippen LogP contribution is 2.09. The molecule has 16 heavy (non-hydrogen) atoms. The second-order valence-electron chi connectivity index (χ2n) is 4.11. The van der Waals surface area contributed by atoms with Crippen LogP contribution in [0.3, 0.4) is 0 Å². The fraction of sp³-hybridized carbons (Fsp3) is 0.714. The molecule has 0 heterocycles.